The topological polar surface area (TPSA) is 26.0 Å². The Labute approximate surface area is 156 Å². The van der Waals surface area contributed by atoms with Gasteiger partial charge in [-0.2, -0.15) is 0 Å². The van der Waals surface area contributed by atoms with Crippen molar-refractivity contribution in [3.63, 3.8) is 0 Å². The van der Waals surface area contributed by atoms with Gasteiger partial charge < -0.3 is 5.73 Å². The first-order valence-corrected chi connectivity index (χ1v) is 10.5. The molecule has 0 fully saturated rings. The number of hydrogen-bond donors (Lipinski definition) is 1. The summed E-state index contributed by atoms with van der Waals surface area (Å²) in [6.45, 7) is 2.04. The molecule has 0 bridgehead atoms. The van der Waals surface area contributed by atoms with Gasteiger partial charge in [0, 0.05) is 12.5 Å². The molecule has 1 aromatic rings. The lowest BCUT2D eigenvalue weighted by Crippen LogP contribution is -2.04. The third-order valence-corrected chi connectivity index (χ3v) is 5.04. The van der Waals surface area contributed by atoms with E-state index in [0.717, 1.165) is 6.42 Å². The van der Waals surface area contributed by atoms with Crippen molar-refractivity contribution in [3.05, 3.63) is 35.4 Å². The predicted octanol–water partition coefficient (Wildman–Crippen LogP) is 6.95. The van der Waals surface area contributed by atoms with E-state index in [1.165, 1.54) is 94.6 Å². The van der Waals surface area contributed by atoms with E-state index in [1.54, 1.807) is 0 Å². The molecule has 1 heteroatoms. The molecular formula is C24H39N. The molecule has 0 aromatic heterocycles. The molecule has 0 spiro atoms. The molecule has 1 nitrogen and oxygen atoms in total. The van der Waals surface area contributed by atoms with Crippen molar-refractivity contribution in [1.82, 2.24) is 0 Å². The van der Waals surface area contributed by atoms with Crippen molar-refractivity contribution in [2.75, 3.05) is 0 Å². The molecule has 0 radical (unpaired) electrons. The Morgan fingerprint density at radius 1 is 0.760 bits per heavy atom. The van der Waals surface area contributed by atoms with Crippen LogP contribution in [0.2, 0.25) is 0 Å². The fraction of sp³-hybridized carbons (Fsp3) is 0.667. The second-order valence-corrected chi connectivity index (χ2v) is 7.48. The Balaban J connectivity index is 1.85. The number of benzene rings is 1. The molecule has 0 aliphatic rings. The van der Waals surface area contributed by atoms with E-state index in [1.807, 2.05) is 6.92 Å². The van der Waals surface area contributed by atoms with Crippen LogP contribution in [0.3, 0.4) is 0 Å². The Kier molecular flexibility index (Phi) is 13.1. The molecule has 0 heterocycles. The van der Waals surface area contributed by atoms with E-state index < -0.39 is 0 Å². The second-order valence-electron chi connectivity index (χ2n) is 7.48. The molecule has 25 heavy (non-hydrogen) atoms. The van der Waals surface area contributed by atoms with Gasteiger partial charge in [0.25, 0.3) is 0 Å². The number of terminal acetylenes is 1. The highest BCUT2D eigenvalue weighted by Gasteiger charge is 1.99. The van der Waals surface area contributed by atoms with Gasteiger partial charge >= 0.3 is 0 Å². The van der Waals surface area contributed by atoms with Crippen LogP contribution in [0.25, 0.3) is 0 Å². The van der Waals surface area contributed by atoms with E-state index in [9.17, 15) is 0 Å². The van der Waals surface area contributed by atoms with Crippen molar-refractivity contribution in [2.24, 2.45) is 5.73 Å². The van der Waals surface area contributed by atoms with Crippen LogP contribution in [0.1, 0.15) is 108 Å². The minimum absolute atomic E-state index is 0.141. The van der Waals surface area contributed by atoms with Crippen LogP contribution in [-0.2, 0) is 6.42 Å². The highest BCUT2D eigenvalue weighted by Crippen LogP contribution is 2.15. The molecule has 1 unspecified atom stereocenters. The third-order valence-electron chi connectivity index (χ3n) is 5.04. The molecule has 1 atom stereocenters. The second kappa shape index (κ2) is 15.0. The van der Waals surface area contributed by atoms with E-state index in [4.69, 9.17) is 12.2 Å². The highest BCUT2D eigenvalue weighted by molar-refractivity contribution is 5.24. The molecule has 2 N–H and O–H groups in total. The zero-order valence-corrected chi connectivity index (χ0v) is 16.4. The Hall–Kier alpha value is -1.26. The van der Waals surface area contributed by atoms with Gasteiger partial charge in [0.15, 0.2) is 0 Å². The molecule has 0 saturated heterocycles. The van der Waals surface area contributed by atoms with Gasteiger partial charge in [-0.3, -0.25) is 0 Å². The summed E-state index contributed by atoms with van der Waals surface area (Å²) in [6.07, 6.45) is 23.9. The average Bonchev–Trinajstić information content (AvgIpc) is 2.62. The lowest BCUT2D eigenvalue weighted by molar-refractivity contribution is 0.542. The smallest absolute Gasteiger partial charge is 0.0266 e. The molecule has 0 saturated carbocycles. The summed E-state index contributed by atoms with van der Waals surface area (Å²) in [5.74, 6) is 2.72. The van der Waals surface area contributed by atoms with Crippen LogP contribution >= 0.6 is 0 Å². The first-order chi connectivity index (χ1) is 12.2. The van der Waals surface area contributed by atoms with Crippen LogP contribution in [0, 0.1) is 12.3 Å². The van der Waals surface area contributed by atoms with Crippen molar-refractivity contribution in [1.29, 1.82) is 0 Å². The van der Waals surface area contributed by atoms with Crippen molar-refractivity contribution >= 4 is 0 Å². The molecular weight excluding hydrogens is 302 g/mol. The minimum Gasteiger partial charge on any atom is -0.324 e. The van der Waals surface area contributed by atoms with Crippen LogP contribution < -0.4 is 5.73 Å². The van der Waals surface area contributed by atoms with Gasteiger partial charge in [0.2, 0.25) is 0 Å². The van der Waals surface area contributed by atoms with Gasteiger partial charge in [-0.05, 0) is 37.3 Å². The third kappa shape index (κ3) is 11.8. The summed E-state index contributed by atoms with van der Waals surface area (Å²) in [5, 5.41) is 0. The Morgan fingerprint density at radius 2 is 1.20 bits per heavy atom. The SMILES string of the molecule is C#CCCCCCCCCCCCCCCc1ccc(C(C)N)cc1. The lowest BCUT2D eigenvalue weighted by atomic mass is 10.0. The summed E-state index contributed by atoms with van der Waals surface area (Å²) in [5.41, 5.74) is 8.57. The number of hydrogen-bond acceptors (Lipinski definition) is 1. The van der Waals surface area contributed by atoms with Gasteiger partial charge in [0.1, 0.15) is 0 Å². The first kappa shape index (κ1) is 21.8. The Morgan fingerprint density at radius 3 is 1.64 bits per heavy atom. The van der Waals surface area contributed by atoms with E-state index in [-0.39, 0.29) is 6.04 Å². The first-order valence-electron chi connectivity index (χ1n) is 10.5. The van der Waals surface area contributed by atoms with Crippen molar-refractivity contribution in [3.8, 4) is 12.3 Å². The normalized spacial score (nSPS) is 12.0. The molecule has 1 aromatic carbocycles. The van der Waals surface area contributed by atoms with E-state index >= 15 is 0 Å². The Bertz CT molecular complexity index is 452. The van der Waals surface area contributed by atoms with E-state index in [2.05, 4.69) is 30.2 Å². The summed E-state index contributed by atoms with van der Waals surface area (Å²) >= 11 is 0. The number of nitrogens with two attached hydrogens (primary N) is 1. The maximum Gasteiger partial charge on any atom is 0.0266 e. The monoisotopic (exact) mass is 341 g/mol. The summed E-state index contributed by atoms with van der Waals surface area (Å²) < 4.78 is 0. The van der Waals surface area contributed by atoms with Crippen molar-refractivity contribution in [2.45, 2.75) is 103 Å². The van der Waals surface area contributed by atoms with Crippen LogP contribution in [0.4, 0.5) is 0 Å². The van der Waals surface area contributed by atoms with Crippen LogP contribution in [0.15, 0.2) is 24.3 Å². The zero-order valence-electron chi connectivity index (χ0n) is 16.4. The number of unbranched alkanes of at least 4 members (excludes halogenated alkanes) is 12. The lowest BCUT2D eigenvalue weighted by Gasteiger charge is -2.07. The van der Waals surface area contributed by atoms with Crippen LogP contribution in [-0.4, -0.2) is 0 Å². The standard InChI is InChI=1S/C24H39N/c1-3-4-5-6-7-8-9-10-11-12-13-14-15-16-17-23-18-20-24(21-19-23)22(2)25/h1,18-22H,4-17,25H2,2H3. The highest BCUT2D eigenvalue weighted by atomic mass is 14.6. The van der Waals surface area contributed by atoms with Gasteiger partial charge in [0.05, 0.1) is 0 Å². The summed E-state index contributed by atoms with van der Waals surface area (Å²) in [6, 6.07) is 8.98. The average molecular weight is 342 g/mol. The minimum atomic E-state index is 0.141. The fourth-order valence-electron chi connectivity index (χ4n) is 3.31. The summed E-state index contributed by atoms with van der Waals surface area (Å²) in [4.78, 5) is 0. The predicted molar refractivity (Wildman–Crippen MR) is 112 cm³/mol. The fourth-order valence-corrected chi connectivity index (χ4v) is 3.31. The molecule has 0 aliphatic carbocycles. The maximum absolute atomic E-state index is 5.89. The maximum atomic E-state index is 5.89. The largest absolute Gasteiger partial charge is 0.324 e. The number of rotatable bonds is 15. The van der Waals surface area contributed by atoms with E-state index in [0.29, 0.717) is 0 Å². The molecule has 1 rings (SSSR count). The quantitative estimate of drug-likeness (QED) is 0.271. The zero-order chi connectivity index (χ0) is 18.2. The number of aryl methyl sites for hydroxylation is 1. The van der Waals surface area contributed by atoms with Gasteiger partial charge in [-0.1, -0.05) is 88.5 Å². The van der Waals surface area contributed by atoms with Gasteiger partial charge in [-0.25, -0.2) is 0 Å². The van der Waals surface area contributed by atoms with Crippen molar-refractivity contribution < 1.29 is 0 Å². The molecule has 0 amide bonds. The molecule has 140 valence electrons. The molecule has 0 aliphatic heterocycles. The summed E-state index contributed by atoms with van der Waals surface area (Å²) in [7, 11) is 0. The van der Waals surface area contributed by atoms with Gasteiger partial charge in [-0.15, -0.1) is 12.3 Å². The van der Waals surface area contributed by atoms with Crippen LogP contribution in [0.5, 0.6) is 0 Å².